The lowest BCUT2D eigenvalue weighted by molar-refractivity contribution is 0.247. The highest BCUT2D eigenvalue weighted by Gasteiger charge is 2.28. The second-order valence-corrected chi connectivity index (χ2v) is 5.86. The second kappa shape index (κ2) is 8.03. The molecule has 0 heterocycles. The van der Waals surface area contributed by atoms with Gasteiger partial charge in [0.15, 0.2) is 5.96 Å². The van der Waals surface area contributed by atoms with E-state index >= 15 is 0 Å². The third-order valence-electron chi connectivity index (χ3n) is 4.25. The summed E-state index contributed by atoms with van der Waals surface area (Å²) in [5, 5.41) is 6.74. The number of hydrogen-bond acceptors (Lipinski definition) is 3. The van der Waals surface area contributed by atoms with Crippen LogP contribution in [0, 0.1) is 0 Å². The number of hydrogen-bond donors (Lipinski definition) is 2. The van der Waals surface area contributed by atoms with E-state index in [1.807, 2.05) is 18.2 Å². The number of guanidine groups is 1. The smallest absolute Gasteiger partial charge is 0.191 e. The third kappa shape index (κ3) is 4.63. The van der Waals surface area contributed by atoms with Crippen molar-refractivity contribution in [2.24, 2.45) is 4.99 Å². The van der Waals surface area contributed by atoms with Crippen LogP contribution in [-0.2, 0) is 6.54 Å². The first kappa shape index (κ1) is 16.6. The number of nitrogens with one attached hydrogen (secondary N) is 2. The molecule has 0 aliphatic heterocycles. The Hall–Kier alpha value is -1.75. The van der Waals surface area contributed by atoms with Crippen molar-refractivity contribution in [3.8, 4) is 5.75 Å². The predicted octanol–water partition coefficient (Wildman–Crippen LogP) is 1.84. The molecule has 0 amide bonds. The van der Waals surface area contributed by atoms with Gasteiger partial charge < -0.3 is 15.4 Å². The summed E-state index contributed by atoms with van der Waals surface area (Å²) in [5.41, 5.74) is 1.12. The number of benzene rings is 1. The fourth-order valence-electron chi connectivity index (χ4n) is 2.48. The molecule has 0 bridgehead atoms. The molecule has 1 atom stereocenters. The van der Waals surface area contributed by atoms with Gasteiger partial charge in [-0.05, 0) is 32.9 Å². The van der Waals surface area contributed by atoms with Crippen LogP contribution < -0.4 is 15.4 Å². The van der Waals surface area contributed by atoms with E-state index in [9.17, 15) is 0 Å². The molecule has 1 aromatic carbocycles. The van der Waals surface area contributed by atoms with Crippen LogP contribution in [0.2, 0.25) is 0 Å². The van der Waals surface area contributed by atoms with Crippen molar-refractivity contribution in [1.82, 2.24) is 15.5 Å². The van der Waals surface area contributed by atoms with Gasteiger partial charge in [0, 0.05) is 37.8 Å². The summed E-state index contributed by atoms with van der Waals surface area (Å²) in [6.45, 7) is 3.83. The van der Waals surface area contributed by atoms with E-state index in [2.05, 4.69) is 40.6 Å². The Morgan fingerprint density at radius 3 is 2.73 bits per heavy atom. The van der Waals surface area contributed by atoms with Gasteiger partial charge in [-0.2, -0.15) is 0 Å². The molecule has 1 unspecified atom stereocenters. The Morgan fingerprint density at radius 2 is 2.09 bits per heavy atom. The fraction of sp³-hybridized carbons (Fsp3) is 0.588. The minimum Gasteiger partial charge on any atom is -0.496 e. The lowest BCUT2D eigenvalue weighted by Crippen LogP contribution is -2.45. The van der Waals surface area contributed by atoms with Gasteiger partial charge in [0.05, 0.1) is 7.11 Å². The number of para-hydroxylation sites is 1. The number of aliphatic imine (C=N–C) groups is 1. The van der Waals surface area contributed by atoms with E-state index in [1.165, 1.54) is 12.8 Å². The van der Waals surface area contributed by atoms with Crippen molar-refractivity contribution in [3.63, 3.8) is 0 Å². The maximum Gasteiger partial charge on any atom is 0.191 e. The first-order valence-corrected chi connectivity index (χ1v) is 7.94. The Morgan fingerprint density at radius 1 is 1.36 bits per heavy atom. The van der Waals surface area contributed by atoms with Crippen LogP contribution in [0.15, 0.2) is 29.3 Å². The average molecular weight is 304 g/mol. The molecule has 1 saturated carbocycles. The molecule has 0 aromatic heterocycles. The Balaban J connectivity index is 1.79. The van der Waals surface area contributed by atoms with Crippen molar-refractivity contribution in [2.45, 2.75) is 38.4 Å². The molecule has 0 spiro atoms. The molecular formula is C17H28N4O. The van der Waals surface area contributed by atoms with Crippen molar-refractivity contribution in [2.75, 3.05) is 27.7 Å². The van der Waals surface area contributed by atoms with Gasteiger partial charge in [-0.3, -0.25) is 9.89 Å². The van der Waals surface area contributed by atoms with Gasteiger partial charge in [-0.15, -0.1) is 0 Å². The first-order chi connectivity index (χ1) is 10.7. The second-order valence-electron chi connectivity index (χ2n) is 5.86. The highest BCUT2D eigenvalue weighted by molar-refractivity contribution is 5.79. The van der Waals surface area contributed by atoms with Gasteiger partial charge in [0.2, 0.25) is 0 Å². The van der Waals surface area contributed by atoms with Gasteiger partial charge in [-0.25, -0.2) is 0 Å². The number of nitrogens with zero attached hydrogens (tertiary/aromatic N) is 2. The van der Waals surface area contributed by atoms with Crippen molar-refractivity contribution >= 4 is 5.96 Å². The lowest BCUT2D eigenvalue weighted by atomic mass is 10.2. The zero-order valence-electron chi connectivity index (χ0n) is 14.1. The van der Waals surface area contributed by atoms with Gasteiger partial charge in [0.1, 0.15) is 5.75 Å². The third-order valence-corrected chi connectivity index (χ3v) is 4.25. The average Bonchev–Trinajstić information content (AvgIpc) is 3.39. The normalized spacial score (nSPS) is 16.5. The van der Waals surface area contributed by atoms with Crippen molar-refractivity contribution < 1.29 is 4.74 Å². The minimum absolute atomic E-state index is 0.498. The summed E-state index contributed by atoms with van der Waals surface area (Å²) >= 11 is 0. The molecule has 0 saturated heterocycles. The van der Waals surface area contributed by atoms with Crippen LogP contribution in [0.1, 0.15) is 25.3 Å². The van der Waals surface area contributed by atoms with Crippen LogP contribution in [0.5, 0.6) is 5.75 Å². The molecule has 2 rings (SSSR count). The molecule has 5 heteroatoms. The van der Waals surface area contributed by atoms with Crippen LogP contribution in [0.3, 0.4) is 0 Å². The molecule has 122 valence electrons. The summed E-state index contributed by atoms with van der Waals surface area (Å²) in [4.78, 5) is 6.73. The maximum absolute atomic E-state index is 5.37. The van der Waals surface area contributed by atoms with E-state index in [4.69, 9.17) is 4.74 Å². The van der Waals surface area contributed by atoms with Crippen LogP contribution in [0.25, 0.3) is 0 Å². The standard InChI is InChI=1S/C17H28N4O/c1-13(21(3)15-9-10-15)11-19-17(18-2)20-12-14-7-5-6-8-16(14)22-4/h5-8,13,15H,9-12H2,1-4H3,(H2,18,19,20). The molecule has 5 nitrogen and oxygen atoms in total. The molecule has 1 fully saturated rings. The summed E-state index contributed by atoms with van der Waals surface area (Å²) in [5.74, 6) is 1.72. The maximum atomic E-state index is 5.37. The zero-order chi connectivity index (χ0) is 15.9. The lowest BCUT2D eigenvalue weighted by Gasteiger charge is -2.25. The molecule has 0 radical (unpaired) electrons. The number of rotatable bonds is 7. The van der Waals surface area contributed by atoms with E-state index in [0.717, 1.165) is 29.9 Å². The van der Waals surface area contributed by atoms with E-state index in [0.29, 0.717) is 12.6 Å². The number of methoxy groups -OCH3 is 1. The highest BCUT2D eigenvalue weighted by Crippen LogP contribution is 2.26. The van der Waals surface area contributed by atoms with E-state index in [-0.39, 0.29) is 0 Å². The summed E-state index contributed by atoms with van der Waals surface area (Å²) in [6.07, 6.45) is 2.67. The molecular weight excluding hydrogens is 276 g/mol. The van der Waals surface area contributed by atoms with Crippen molar-refractivity contribution in [3.05, 3.63) is 29.8 Å². The summed E-state index contributed by atoms with van der Waals surface area (Å²) in [7, 11) is 5.70. The Labute approximate surface area is 133 Å². The minimum atomic E-state index is 0.498. The van der Waals surface area contributed by atoms with Crippen LogP contribution in [-0.4, -0.2) is 50.7 Å². The highest BCUT2D eigenvalue weighted by atomic mass is 16.5. The van der Waals surface area contributed by atoms with E-state index < -0.39 is 0 Å². The van der Waals surface area contributed by atoms with Gasteiger partial charge in [-0.1, -0.05) is 18.2 Å². The molecule has 2 N–H and O–H groups in total. The predicted molar refractivity (Wildman–Crippen MR) is 91.4 cm³/mol. The van der Waals surface area contributed by atoms with Crippen LogP contribution >= 0.6 is 0 Å². The molecule has 1 aliphatic rings. The van der Waals surface area contributed by atoms with E-state index in [1.54, 1.807) is 14.2 Å². The largest absolute Gasteiger partial charge is 0.496 e. The topological polar surface area (TPSA) is 48.9 Å². The number of likely N-dealkylation sites (N-methyl/N-ethyl adjacent to an activating group) is 1. The molecule has 1 aliphatic carbocycles. The fourth-order valence-corrected chi connectivity index (χ4v) is 2.48. The zero-order valence-corrected chi connectivity index (χ0v) is 14.1. The first-order valence-electron chi connectivity index (χ1n) is 7.94. The van der Waals surface area contributed by atoms with Gasteiger partial charge >= 0.3 is 0 Å². The quantitative estimate of drug-likeness (QED) is 0.596. The molecule has 22 heavy (non-hydrogen) atoms. The Kier molecular flexibility index (Phi) is 6.07. The summed E-state index contributed by atoms with van der Waals surface area (Å²) in [6, 6.07) is 9.30. The van der Waals surface area contributed by atoms with Crippen molar-refractivity contribution in [1.29, 1.82) is 0 Å². The summed E-state index contributed by atoms with van der Waals surface area (Å²) < 4.78 is 5.37. The van der Waals surface area contributed by atoms with Crippen LogP contribution in [0.4, 0.5) is 0 Å². The molecule has 1 aromatic rings. The van der Waals surface area contributed by atoms with Gasteiger partial charge in [0.25, 0.3) is 0 Å². The SMILES string of the molecule is CN=C(NCc1ccccc1OC)NCC(C)N(C)C1CC1. The number of ether oxygens (including phenoxy) is 1. The Bertz CT molecular complexity index is 499. The monoisotopic (exact) mass is 304 g/mol.